The standard InChI is InChI=1S/C19H20FN3O6/c1-12(18(24)22-17-6-4-3-5-15(17)20)29-19(25)14-11-13(23(26)27)7-8-16(14)21-9-10-28-2/h3-8,11-12,21H,9-10H2,1-2H3,(H,22,24)/t12-/m0/s1. The highest BCUT2D eigenvalue weighted by Gasteiger charge is 2.23. The van der Waals surface area contributed by atoms with Crippen molar-refractivity contribution in [2.75, 3.05) is 30.9 Å². The largest absolute Gasteiger partial charge is 0.449 e. The second-order valence-electron chi connectivity index (χ2n) is 5.92. The average Bonchev–Trinajstić information content (AvgIpc) is 2.69. The van der Waals surface area contributed by atoms with Gasteiger partial charge in [0.15, 0.2) is 6.10 Å². The van der Waals surface area contributed by atoms with Gasteiger partial charge in [0.05, 0.1) is 22.8 Å². The Labute approximate surface area is 166 Å². The number of nitrogens with zero attached hydrogens (tertiary/aromatic N) is 1. The number of hydrogen-bond donors (Lipinski definition) is 2. The topological polar surface area (TPSA) is 120 Å². The van der Waals surface area contributed by atoms with Gasteiger partial charge in [-0.05, 0) is 25.1 Å². The summed E-state index contributed by atoms with van der Waals surface area (Å²) in [5.41, 5.74) is -0.185. The lowest BCUT2D eigenvalue weighted by atomic mass is 10.1. The fourth-order valence-electron chi connectivity index (χ4n) is 2.33. The lowest BCUT2D eigenvalue weighted by Crippen LogP contribution is -2.30. The van der Waals surface area contributed by atoms with E-state index < -0.39 is 28.7 Å². The molecule has 9 nitrogen and oxygen atoms in total. The summed E-state index contributed by atoms with van der Waals surface area (Å²) >= 11 is 0. The van der Waals surface area contributed by atoms with Crippen LogP contribution in [-0.2, 0) is 14.3 Å². The Morgan fingerprint density at radius 1 is 1.21 bits per heavy atom. The number of benzene rings is 2. The van der Waals surface area contributed by atoms with Crippen LogP contribution in [0.5, 0.6) is 0 Å². The molecule has 0 aliphatic carbocycles. The number of para-hydroxylation sites is 1. The van der Waals surface area contributed by atoms with E-state index in [9.17, 15) is 24.1 Å². The van der Waals surface area contributed by atoms with Gasteiger partial charge in [-0.2, -0.15) is 0 Å². The second kappa shape index (κ2) is 10.1. The van der Waals surface area contributed by atoms with E-state index in [1.807, 2.05) is 0 Å². The molecule has 0 saturated heterocycles. The number of carbonyl (C=O) groups excluding carboxylic acids is 2. The molecule has 0 fully saturated rings. The normalized spacial score (nSPS) is 11.4. The number of methoxy groups -OCH3 is 1. The Morgan fingerprint density at radius 3 is 2.59 bits per heavy atom. The highest BCUT2D eigenvalue weighted by atomic mass is 19.1. The van der Waals surface area contributed by atoms with Crippen molar-refractivity contribution in [1.29, 1.82) is 0 Å². The first-order valence-corrected chi connectivity index (χ1v) is 8.61. The van der Waals surface area contributed by atoms with Gasteiger partial charge in [0, 0.05) is 31.5 Å². The fraction of sp³-hybridized carbons (Fsp3) is 0.263. The van der Waals surface area contributed by atoms with Crippen LogP contribution in [0, 0.1) is 15.9 Å². The number of anilines is 2. The fourth-order valence-corrected chi connectivity index (χ4v) is 2.33. The number of non-ortho nitro benzene ring substituents is 1. The molecule has 29 heavy (non-hydrogen) atoms. The van der Waals surface area contributed by atoms with E-state index >= 15 is 0 Å². The van der Waals surface area contributed by atoms with E-state index in [1.54, 1.807) is 0 Å². The van der Waals surface area contributed by atoms with Gasteiger partial charge in [-0.15, -0.1) is 0 Å². The van der Waals surface area contributed by atoms with Crippen LogP contribution in [0.3, 0.4) is 0 Å². The number of nitro benzene ring substituents is 1. The molecule has 0 aromatic heterocycles. The SMILES string of the molecule is COCCNc1ccc([N+](=O)[O-])cc1C(=O)O[C@@H](C)C(=O)Nc1ccccc1F. The number of hydrogen-bond acceptors (Lipinski definition) is 7. The van der Waals surface area contributed by atoms with E-state index in [4.69, 9.17) is 9.47 Å². The second-order valence-corrected chi connectivity index (χ2v) is 5.92. The lowest BCUT2D eigenvalue weighted by Gasteiger charge is -2.16. The maximum Gasteiger partial charge on any atom is 0.341 e. The van der Waals surface area contributed by atoms with E-state index in [2.05, 4.69) is 10.6 Å². The van der Waals surface area contributed by atoms with E-state index in [-0.39, 0.29) is 16.9 Å². The highest BCUT2D eigenvalue weighted by Crippen LogP contribution is 2.23. The van der Waals surface area contributed by atoms with Crippen LogP contribution in [0.25, 0.3) is 0 Å². The van der Waals surface area contributed by atoms with Crippen molar-refractivity contribution >= 4 is 28.9 Å². The lowest BCUT2D eigenvalue weighted by molar-refractivity contribution is -0.384. The minimum absolute atomic E-state index is 0.0577. The summed E-state index contributed by atoms with van der Waals surface area (Å²) in [5, 5.41) is 16.3. The maximum absolute atomic E-state index is 13.7. The molecule has 0 saturated carbocycles. The Hall–Kier alpha value is -3.53. The minimum Gasteiger partial charge on any atom is -0.449 e. The van der Waals surface area contributed by atoms with Crippen molar-refractivity contribution in [3.8, 4) is 0 Å². The molecule has 0 heterocycles. The number of ether oxygens (including phenoxy) is 2. The summed E-state index contributed by atoms with van der Waals surface area (Å²) in [6, 6.07) is 9.20. The minimum atomic E-state index is -1.27. The third-order valence-electron chi connectivity index (χ3n) is 3.84. The molecule has 0 aliphatic heterocycles. The molecule has 2 aromatic rings. The molecule has 0 unspecified atom stereocenters. The summed E-state index contributed by atoms with van der Waals surface area (Å²) in [7, 11) is 1.50. The molecule has 10 heteroatoms. The van der Waals surface area contributed by atoms with Crippen LogP contribution in [0.1, 0.15) is 17.3 Å². The van der Waals surface area contributed by atoms with Crippen molar-refractivity contribution in [2.45, 2.75) is 13.0 Å². The van der Waals surface area contributed by atoms with Crippen LogP contribution in [-0.4, -0.2) is 43.2 Å². The van der Waals surface area contributed by atoms with Gasteiger partial charge >= 0.3 is 5.97 Å². The van der Waals surface area contributed by atoms with Crippen molar-refractivity contribution in [3.05, 3.63) is 64.0 Å². The number of nitrogens with one attached hydrogen (secondary N) is 2. The van der Waals surface area contributed by atoms with Gasteiger partial charge < -0.3 is 20.1 Å². The van der Waals surface area contributed by atoms with E-state index in [1.165, 1.54) is 50.4 Å². The van der Waals surface area contributed by atoms with Crippen LogP contribution >= 0.6 is 0 Å². The number of esters is 1. The first kappa shape index (κ1) is 21.8. The molecule has 2 N–H and O–H groups in total. The highest BCUT2D eigenvalue weighted by molar-refractivity contribution is 6.00. The molecule has 2 aromatic carbocycles. The third kappa shape index (κ3) is 5.98. The van der Waals surface area contributed by atoms with Gasteiger partial charge in [-0.25, -0.2) is 9.18 Å². The summed E-state index contributed by atoms with van der Waals surface area (Å²) in [4.78, 5) is 35.1. The van der Waals surface area contributed by atoms with Crippen molar-refractivity contribution in [2.24, 2.45) is 0 Å². The molecule has 0 spiro atoms. The molecule has 2 rings (SSSR count). The molecule has 0 bridgehead atoms. The molecule has 0 aliphatic rings. The predicted octanol–water partition coefficient (Wildman–Crippen LogP) is 2.98. The molecular formula is C19H20FN3O6. The number of carbonyl (C=O) groups is 2. The quantitative estimate of drug-likeness (QED) is 0.285. The first-order valence-electron chi connectivity index (χ1n) is 8.61. The van der Waals surface area contributed by atoms with Crippen LogP contribution in [0.4, 0.5) is 21.5 Å². The van der Waals surface area contributed by atoms with Gasteiger partial charge in [-0.3, -0.25) is 14.9 Å². The zero-order valence-electron chi connectivity index (χ0n) is 15.8. The number of nitro groups is 1. The third-order valence-corrected chi connectivity index (χ3v) is 3.84. The monoisotopic (exact) mass is 405 g/mol. The molecule has 154 valence electrons. The number of halogens is 1. The zero-order chi connectivity index (χ0) is 21.4. The van der Waals surface area contributed by atoms with Gasteiger partial charge in [0.2, 0.25) is 0 Å². The zero-order valence-corrected chi connectivity index (χ0v) is 15.8. The van der Waals surface area contributed by atoms with Crippen molar-refractivity contribution in [3.63, 3.8) is 0 Å². The molecular weight excluding hydrogens is 385 g/mol. The van der Waals surface area contributed by atoms with Gasteiger partial charge in [0.25, 0.3) is 11.6 Å². The molecule has 1 amide bonds. The van der Waals surface area contributed by atoms with Crippen LogP contribution in [0.15, 0.2) is 42.5 Å². The van der Waals surface area contributed by atoms with Gasteiger partial charge in [-0.1, -0.05) is 12.1 Å². The Morgan fingerprint density at radius 2 is 1.93 bits per heavy atom. The average molecular weight is 405 g/mol. The van der Waals surface area contributed by atoms with Crippen molar-refractivity contribution in [1.82, 2.24) is 0 Å². The summed E-state index contributed by atoms with van der Waals surface area (Å²) in [6.07, 6.45) is -1.27. The summed E-state index contributed by atoms with van der Waals surface area (Å²) in [5.74, 6) is -2.32. The maximum atomic E-state index is 13.7. The molecule has 1 atom stereocenters. The Bertz CT molecular complexity index is 905. The summed E-state index contributed by atoms with van der Waals surface area (Å²) in [6.45, 7) is 1.99. The number of amides is 1. The van der Waals surface area contributed by atoms with E-state index in [0.29, 0.717) is 18.8 Å². The summed E-state index contributed by atoms with van der Waals surface area (Å²) < 4.78 is 23.7. The first-order chi connectivity index (χ1) is 13.8. The molecule has 0 radical (unpaired) electrons. The Kier molecular flexibility index (Phi) is 7.61. The number of rotatable bonds is 9. The van der Waals surface area contributed by atoms with Crippen molar-refractivity contribution < 1.29 is 28.4 Å². The Balaban J connectivity index is 2.14. The van der Waals surface area contributed by atoms with E-state index in [0.717, 1.165) is 6.07 Å². The smallest absolute Gasteiger partial charge is 0.341 e. The van der Waals surface area contributed by atoms with Crippen LogP contribution < -0.4 is 10.6 Å². The van der Waals surface area contributed by atoms with Gasteiger partial charge in [0.1, 0.15) is 5.82 Å². The predicted molar refractivity (Wildman–Crippen MR) is 103 cm³/mol. The van der Waals surface area contributed by atoms with Crippen LogP contribution in [0.2, 0.25) is 0 Å².